The van der Waals surface area contributed by atoms with E-state index in [9.17, 15) is 13.6 Å². The van der Waals surface area contributed by atoms with E-state index in [2.05, 4.69) is 5.32 Å². The van der Waals surface area contributed by atoms with E-state index in [-0.39, 0.29) is 27.6 Å². The minimum Gasteiger partial charge on any atom is -0.478 e. The SMILES string of the molecule is Nc1cc(F)c(Nc2ccc(F)cc2Cl)cc1C(=O)O. The third kappa shape index (κ3) is 2.80. The van der Waals surface area contributed by atoms with E-state index in [1.54, 1.807) is 0 Å². The summed E-state index contributed by atoms with van der Waals surface area (Å²) in [7, 11) is 0. The summed E-state index contributed by atoms with van der Waals surface area (Å²) in [6.45, 7) is 0. The summed E-state index contributed by atoms with van der Waals surface area (Å²) in [5.74, 6) is -2.56. The zero-order valence-electron chi connectivity index (χ0n) is 9.95. The molecule has 0 atom stereocenters. The fraction of sp³-hybridized carbons (Fsp3) is 0. The van der Waals surface area contributed by atoms with Crippen LogP contribution in [0.3, 0.4) is 0 Å². The Kier molecular flexibility index (Phi) is 3.76. The highest BCUT2D eigenvalue weighted by Crippen LogP contribution is 2.29. The van der Waals surface area contributed by atoms with Crippen molar-refractivity contribution in [3.8, 4) is 0 Å². The van der Waals surface area contributed by atoms with Gasteiger partial charge in [0.25, 0.3) is 0 Å². The minimum atomic E-state index is -1.28. The summed E-state index contributed by atoms with van der Waals surface area (Å²) in [5.41, 5.74) is 5.10. The van der Waals surface area contributed by atoms with Gasteiger partial charge in [-0.15, -0.1) is 0 Å². The summed E-state index contributed by atoms with van der Waals surface area (Å²) in [5, 5.41) is 11.6. The van der Waals surface area contributed by atoms with E-state index in [0.29, 0.717) is 0 Å². The van der Waals surface area contributed by atoms with Crippen LogP contribution >= 0.6 is 11.6 Å². The number of nitrogens with one attached hydrogen (secondary N) is 1. The molecule has 0 fully saturated rings. The third-order valence-electron chi connectivity index (χ3n) is 2.57. The third-order valence-corrected chi connectivity index (χ3v) is 2.88. The molecule has 0 aromatic heterocycles. The second-order valence-corrected chi connectivity index (χ2v) is 4.38. The number of hydrogen-bond donors (Lipinski definition) is 3. The first-order valence-corrected chi connectivity index (χ1v) is 5.80. The summed E-state index contributed by atoms with van der Waals surface area (Å²) in [6, 6.07) is 5.45. The molecular weight excluding hydrogens is 290 g/mol. The lowest BCUT2D eigenvalue weighted by Crippen LogP contribution is -2.05. The molecular formula is C13H9ClF2N2O2. The normalized spacial score (nSPS) is 10.3. The van der Waals surface area contributed by atoms with Gasteiger partial charge in [-0.2, -0.15) is 0 Å². The number of hydrogen-bond acceptors (Lipinski definition) is 3. The molecule has 0 saturated carbocycles. The average molecular weight is 299 g/mol. The van der Waals surface area contributed by atoms with Crippen molar-refractivity contribution in [1.82, 2.24) is 0 Å². The largest absolute Gasteiger partial charge is 0.478 e. The Morgan fingerprint density at radius 1 is 1.20 bits per heavy atom. The van der Waals surface area contributed by atoms with Crippen LogP contribution in [0.25, 0.3) is 0 Å². The van der Waals surface area contributed by atoms with Gasteiger partial charge in [-0.3, -0.25) is 0 Å². The van der Waals surface area contributed by atoms with Gasteiger partial charge in [0, 0.05) is 5.69 Å². The Hall–Kier alpha value is -2.34. The van der Waals surface area contributed by atoms with Gasteiger partial charge >= 0.3 is 5.97 Å². The highest BCUT2D eigenvalue weighted by Gasteiger charge is 2.14. The second-order valence-electron chi connectivity index (χ2n) is 3.97. The molecule has 4 nitrogen and oxygen atoms in total. The van der Waals surface area contributed by atoms with Crippen molar-refractivity contribution in [2.75, 3.05) is 11.1 Å². The van der Waals surface area contributed by atoms with Gasteiger partial charge in [0.1, 0.15) is 11.6 Å². The molecule has 0 aliphatic rings. The Morgan fingerprint density at radius 3 is 2.50 bits per heavy atom. The van der Waals surface area contributed by atoms with E-state index in [0.717, 1.165) is 24.3 Å². The van der Waals surface area contributed by atoms with E-state index in [1.165, 1.54) is 6.07 Å². The summed E-state index contributed by atoms with van der Waals surface area (Å²) >= 11 is 5.80. The van der Waals surface area contributed by atoms with Crippen molar-refractivity contribution >= 4 is 34.6 Å². The van der Waals surface area contributed by atoms with Crippen LogP contribution in [-0.2, 0) is 0 Å². The number of nitrogens with two attached hydrogens (primary N) is 1. The van der Waals surface area contributed by atoms with Crippen LogP contribution < -0.4 is 11.1 Å². The Labute approximate surface area is 117 Å². The lowest BCUT2D eigenvalue weighted by atomic mass is 10.1. The van der Waals surface area contributed by atoms with E-state index in [1.807, 2.05) is 0 Å². The molecule has 0 radical (unpaired) electrons. The monoisotopic (exact) mass is 298 g/mol. The Bertz CT molecular complexity index is 692. The molecule has 0 saturated heterocycles. The number of carboxylic acid groups (broad SMARTS) is 1. The fourth-order valence-electron chi connectivity index (χ4n) is 1.61. The minimum absolute atomic E-state index is 0.0399. The van der Waals surface area contributed by atoms with Crippen LogP contribution in [0.2, 0.25) is 5.02 Å². The van der Waals surface area contributed by atoms with Gasteiger partial charge in [0.05, 0.1) is 22.0 Å². The molecule has 4 N–H and O–H groups in total. The van der Waals surface area contributed by atoms with Crippen molar-refractivity contribution in [2.45, 2.75) is 0 Å². The van der Waals surface area contributed by atoms with Gasteiger partial charge in [0.15, 0.2) is 0 Å². The number of rotatable bonds is 3. The lowest BCUT2D eigenvalue weighted by Gasteiger charge is -2.11. The van der Waals surface area contributed by atoms with Crippen LogP contribution in [0.4, 0.5) is 25.8 Å². The summed E-state index contributed by atoms with van der Waals surface area (Å²) in [4.78, 5) is 10.9. The number of carboxylic acids is 1. The fourth-order valence-corrected chi connectivity index (χ4v) is 1.82. The zero-order chi connectivity index (χ0) is 14.9. The molecule has 2 aromatic carbocycles. The molecule has 0 unspecified atom stereocenters. The van der Waals surface area contributed by atoms with Crippen molar-refractivity contribution in [1.29, 1.82) is 0 Å². The molecule has 0 heterocycles. The van der Waals surface area contributed by atoms with Crippen LogP contribution in [0.15, 0.2) is 30.3 Å². The van der Waals surface area contributed by atoms with Crippen LogP contribution in [0, 0.1) is 11.6 Å². The number of anilines is 3. The molecule has 20 heavy (non-hydrogen) atoms. The maximum absolute atomic E-state index is 13.7. The van der Waals surface area contributed by atoms with Crippen molar-refractivity contribution in [2.24, 2.45) is 0 Å². The van der Waals surface area contributed by atoms with E-state index >= 15 is 0 Å². The topological polar surface area (TPSA) is 75.3 Å². The van der Waals surface area contributed by atoms with Crippen molar-refractivity contribution in [3.05, 3.63) is 52.6 Å². The van der Waals surface area contributed by atoms with E-state index < -0.39 is 17.6 Å². The van der Waals surface area contributed by atoms with Crippen LogP contribution in [-0.4, -0.2) is 11.1 Å². The summed E-state index contributed by atoms with van der Waals surface area (Å²) < 4.78 is 26.6. The molecule has 104 valence electrons. The zero-order valence-corrected chi connectivity index (χ0v) is 10.7. The predicted molar refractivity (Wildman–Crippen MR) is 72.5 cm³/mol. The standard InChI is InChI=1S/C13H9ClF2N2O2/c14-8-3-6(15)1-2-11(8)18-12-4-7(13(19)20)10(17)5-9(12)16/h1-5,18H,17H2,(H,19,20). The second kappa shape index (κ2) is 5.34. The Balaban J connectivity index is 2.43. The lowest BCUT2D eigenvalue weighted by molar-refractivity contribution is 0.0698. The van der Waals surface area contributed by atoms with Gasteiger partial charge in [-0.05, 0) is 30.3 Å². The summed E-state index contributed by atoms with van der Waals surface area (Å²) in [6.07, 6.45) is 0. The maximum atomic E-state index is 13.7. The molecule has 0 spiro atoms. The molecule has 0 aliphatic heterocycles. The molecule has 0 aliphatic carbocycles. The van der Waals surface area contributed by atoms with E-state index in [4.69, 9.17) is 22.4 Å². The van der Waals surface area contributed by atoms with Crippen molar-refractivity contribution < 1.29 is 18.7 Å². The molecule has 0 amide bonds. The predicted octanol–water partition coefficient (Wildman–Crippen LogP) is 3.64. The highest BCUT2D eigenvalue weighted by atomic mass is 35.5. The van der Waals surface area contributed by atoms with Gasteiger partial charge in [-0.1, -0.05) is 11.6 Å². The van der Waals surface area contributed by atoms with Gasteiger partial charge in [-0.25, -0.2) is 13.6 Å². The first-order valence-electron chi connectivity index (χ1n) is 5.43. The Morgan fingerprint density at radius 2 is 1.90 bits per heavy atom. The van der Waals surface area contributed by atoms with Crippen LogP contribution in [0.5, 0.6) is 0 Å². The first kappa shape index (κ1) is 14.1. The average Bonchev–Trinajstić information content (AvgIpc) is 2.35. The first-order chi connectivity index (χ1) is 9.38. The smallest absolute Gasteiger partial charge is 0.337 e. The number of benzene rings is 2. The molecule has 2 rings (SSSR count). The highest BCUT2D eigenvalue weighted by molar-refractivity contribution is 6.33. The maximum Gasteiger partial charge on any atom is 0.337 e. The quantitative estimate of drug-likeness (QED) is 0.756. The number of nitrogen functional groups attached to an aromatic ring is 1. The van der Waals surface area contributed by atoms with Crippen molar-refractivity contribution in [3.63, 3.8) is 0 Å². The van der Waals surface area contributed by atoms with Gasteiger partial charge in [0.2, 0.25) is 0 Å². The molecule has 7 heteroatoms. The van der Waals surface area contributed by atoms with Crippen LogP contribution in [0.1, 0.15) is 10.4 Å². The number of halogens is 3. The van der Waals surface area contributed by atoms with Gasteiger partial charge < -0.3 is 16.2 Å². The molecule has 2 aromatic rings. The number of aromatic carboxylic acids is 1. The molecule has 0 bridgehead atoms. The number of carbonyl (C=O) groups is 1.